The number of aromatic nitrogens is 2. The minimum atomic E-state index is 0. The number of halogens is 1. The molecule has 3 aromatic rings. The number of imidazole rings is 1. The van der Waals surface area contributed by atoms with E-state index < -0.39 is 0 Å². The van der Waals surface area contributed by atoms with E-state index in [1.54, 1.807) is 0 Å². The second-order valence-electron chi connectivity index (χ2n) is 7.39. The van der Waals surface area contributed by atoms with Crippen LogP contribution in [0.4, 0.5) is 0 Å². The maximum absolute atomic E-state index is 6.10. The molecule has 1 aromatic heterocycles. The second-order valence-corrected chi connectivity index (χ2v) is 7.39. The van der Waals surface area contributed by atoms with Crippen LogP contribution in [0.2, 0.25) is 0 Å². The van der Waals surface area contributed by atoms with E-state index in [9.17, 15) is 0 Å². The summed E-state index contributed by atoms with van der Waals surface area (Å²) in [5.41, 5.74) is 2.23. The van der Waals surface area contributed by atoms with Gasteiger partial charge in [0.25, 0.3) is 0 Å². The van der Waals surface area contributed by atoms with Crippen LogP contribution in [0.3, 0.4) is 0 Å². The van der Waals surface area contributed by atoms with Crippen LogP contribution in [0.25, 0.3) is 11.0 Å². The summed E-state index contributed by atoms with van der Waals surface area (Å²) < 4.78 is 8.36. The zero-order valence-corrected chi connectivity index (χ0v) is 20.0. The van der Waals surface area contributed by atoms with Crippen molar-refractivity contribution in [1.29, 1.82) is 0 Å². The topological polar surface area (TPSA) is 54.7 Å². The van der Waals surface area contributed by atoms with E-state index in [0.29, 0.717) is 0 Å². The van der Waals surface area contributed by atoms with Gasteiger partial charge in [-0.05, 0) is 31.2 Å². The Bertz CT molecular complexity index is 964. The number of hydrogen-bond acceptors (Lipinski definition) is 3. The largest absolute Gasteiger partial charge is 0.490 e. The van der Waals surface area contributed by atoms with E-state index in [1.807, 2.05) is 43.4 Å². The number of benzene rings is 2. The molecule has 0 amide bonds. The summed E-state index contributed by atoms with van der Waals surface area (Å²) in [5.74, 6) is 2.96. The molecule has 160 valence electrons. The second kappa shape index (κ2) is 10.7. The number of nitrogens with one attached hydrogen (secondary N) is 1. The van der Waals surface area contributed by atoms with Crippen LogP contribution in [0.15, 0.2) is 59.6 Å². The third kappa shape index (κ3) is 5.24. The monoisotopic (exact) mass is 519 g/mol. The van der Waals surface area contributed by atoms with Crippen LogP contribution in [0.5, 0.6) is 5.75 Å². The number of aliphatic imine (C=N–C) groups is 1. The molecule has 0 radical (unpaired) electrons. The molecule has 0 spiro atoms. The average Bonchev–Trinajstić information content (AvgIpc) is 3.08. The van der Waals surface area contributed by atoms with Crippen molar-refractivity contribution >= 4 is 41.0 Å². The molecule has 4 rings (SSSR count). The molecule has 1 aliphatic heterocycles. The predicted octanol–water partition coefficient (Wildman–Crippen LogP) is 4.08. The van der Waals surface area contributed by atoms with E-state index >= 15 is 0 Å². The molecular weight excluding hydrogens is 489 g/mol. The number of piperidine rings is 1. The summed E-state index contributed by atoms with van der Waals surface area (Å²) in [4.78, 5) is 11.5. The van der Waals surface area contributed by atoms with E-state index in [-0.39, 0.29) is 30.1 Å². The lowest BCUT2D eigenvalue weighted by atomic mass is 10.1. The number of hydrogen-bond donors (Lipinski definition) is 1. The standard InChI is InChI=1S/C23H29N5O.HI/c1-18-26-21-10-6-7-11-22(21)28(18)17-14-25-23(24-2)27-15-12-20(13-16-27)29-19-8-4-3-5-9-19;/h3-11,20H,12-17H2,1-2H3,(H,24,25);1H. The fourth-order valence-electron chi connectivity index (χ4n) is 3.97. The van der Waals surface area contributed by atoms with Crippen LogP contribution in [-0.4, -0.2) is 53.2 Å². The molecule has 6 nitrogen and oxygen atoms in total. The number of ether oxygens (including phenoxy) is 1. The SMILES string of the molecule is CN=C(NCCn1c(C)nc2ccccc21)N1CCC(Oc2ccccc2)CC1.I. The summed E-state index contributed by atoms with van der Waals surface area (Å²) in [7, 11) is 1.85. The van der Waals surface area contributed by atoms with Crippen LogP contribution >= 0.6 is 24.0 Å². The highest BCUT2D eigenvalue weighted by atomic mass is 127. The Morgan fingerprint density at radius 1 is 1.10 bits per heavy atom. The van der Waals surface area contributed by atoms with Crippen LogP contribution < -0.4 is 10.1 Å². The normalized spacial score (nSPS) is 15.1. The lowest BCUT2D eigenvalue weighted by molar-refractivity contribution is 0.129. The molecule has 0 aliphatic carbocycles. The molecule has 1 fully saturated rings. The Kier molecular flexibility index (Phi) is 7.95. The van der Waals surface area contributed by atoms with Gasteiger partial charge in [-0.25, -0.2) is 4.98 Å². The van der Waals surface area contributed by atoms with Crippen molar-refractivity contribution in [2.24, 2.45) is 4.99 Å². The first-order valence-electron chi connectivity index (χ1n) is 10.3. The van der Waals surface area contributed by atoms with Gasteiger partial charge in [0, 0.05) is 46.1 Å². The molecule has 0 atom stereocenters. The van der Waals surface area contributed by atoms with Gasteiger partial charge >= 0.3 is 0 Å². The third-order valence-corrected chi connectivity index (χ3v) is 5.46. The van der Waals surface area contributed by atoms with E-state index in [1.165, 1.54) is 5.52 Å². The zero-order valence-electron chi connectivity index (χ0n) is 17.6. The molecular formula is C23H30IN5O. The average molecular weight is 519 g/mol. The quantitative estimate of drug-likeness (QED) is 0.314. The van der Waals surface area contributed by atoms with Crippen LogP contribution in [0.1, 0.15) is 18.7 Å². The predicted molar refractivity (Wildman–Crippen MR) is 133 cm³/mol. The molecule has 2 aromatic carbocycles. The zero-order chi connectivity index (χ0) is 20.1. The maximum Gasteiger partial charge on any atom is 0.193 e. The first kappa shape index (κ1) is 22.4. The minimum absolute atomic E-state index is 0. The first-order valence-corrected chi connectivity index (χ1v) is 10.3. The number of likely N-dealkylation sites (tertiary alicyclic amines) is 1. The van der Waals surface area contributed by atoms with Gasteiger partial charge in [0.05, 0.1) is 11.0 Å². The van der Waals surface area contributed by atoms with Crippen molar-refractivity contribution in [2.45, 2.75) is 32.4 Å². The summed E-state index contributed by atoms with van der Waals surface area (Å²) in [6, 6.07) is 18.4. The fraction of sp³-hybridized carbons (Fsp3) is 0.391. The van der Waals surface area contributed by atoms with Crippen molar-refractivity contribution in [2.75, 3.05) is 26.7 Å². The lowest BCUT2D eigenvalue weighted by Crippen LogP contribution is -2.48. The van der Waals surface area contributed by atoms with Crippen LogP contribution in [0, 0.1) is 6.92 Å². The fourth-order valence-corrected chi connectivity index (χ4v) is 3.97. The van der Waals surface area contributed by atoms with Gasteiger partial charge < -0.3 is 19.5 Å². The summed E-state index contributed by atoms with van der Waals surface area (Å²) in [6.45, 7) is 5.63. The number of para-hydroxylation sites is 3. The highest BCUT2D eigenvalue weighted by molar-refractivity contribution is 14.0. The molecule has 30 heavy (non-hydrogen) atoms. The Morgan fingerprint density at radius 3 is 2.53 bits per heavy atom. The number of guanidine groups is 1. The first-order chi connectivity index (χ1) is 14.2. The summed E-state index contributed by atoms with van der Waals surface area (Å²) >= 11 is 0. The molecule has 1 N–H and O–H groups in total. The van der Waals surface area contributed by atoms with Gasteiger partial charge in [0.15, 0.2) is 5.96 Å². The van der Waals surface area contributed by atoms with Gasteiger partial charge in [0.2, 0.25) is 0 Å². The molecule has 1 saturated heterocycles. The number of nitrogens with zero attached hydrogens (tertiary/aromatic N) is 4. The Morgan fingerprint density at radius 2 is 1.80 bits per heavy atom. The van der Waals surface area contributed by atoms with Crippen molar-refractivity contribution in [1.82, 2.24) is 19.8 Å². The Labute approximate surface area is 195 Å². The van der Waals surface area contributed by atoms with E-state index in [2.05, 4.69) is 49.9 Å². The number of fused-ring (bicyclic) bond motifs is 1. The minimum Gasteiger partial charge on any atom is -0.490 e. The number of rotatable bonds is 5. The van der Waals surface area contributed by atoms with Gasteiger partial charge in [-0.2, -0.15) is 0 Å². The van der Waals surface area contributed by atoms with Gasteiger partial charge in [-0.1, -0.05) is 30.3 Å². The van der Waals surface area contributed by atoms with Gasteiger partial charge in [-0.3, -0.25) is 4.99 Å². The molecule has 0 saturated carbocycles. The Hall–Kier alpha value is -2.29. The van der Waals surface area contributed by atoms with Crippen molar-refractivity contribution in [3.8, 4) is 5.75 Å². The van der Waals surface area contributed by atoms with Crippen molar-refractivity contribution < 1.29 is 4.74 Å². The maximum atomic E-state index is 6.10. The summed E-state index contributed by atoms with van der Waals surface area (Å²) in [5, 5.41) is 3.52. The molecule has 0 bridgehead atoms. The molecule has 0 unspecified atom stereocenters. The molecule has 2 heterocycles. The number of aryl methyl sites for hydroxylation is 1. The highest BCUT2D eigenvalue weighted by Crippen LogP contribution is 2.19. The smallest absolute Gasteiger partial charge is 0.193 e. The van der Waals surface area contributed by atoms with Gasteiger partial charge in [0.1, 0.15) is 17.7 Å². The Balaban J connectivity index is 0.00000256. The highest BCUT2D eigenvalue weighted by Gasteiger charge is 2.22. The molecule has 7 heteroatoms. The lowest BCUT2D eigenvalue weighted by Gasteiger charge is -2.34. The van der Waals surface area contributed by atoms with Gasteiger partial charge in [-0.15, -0.1) is 24.0 Å². The van der Waals surface area contributed by atoms with E-state index in [4.69, 9.17) is 4.74 Å². The van der Waals surface area contributed by atoms with Crippen molar-refractivity contribution in [3.05, 3.63) is 60.4 Å². The molecule has 1 aliphatic rings. The van der Waals surface area contributed by atoms with E-state index in [0.717, 1.165) is 62.1 Å². The third-order valence-electron chi connectivity index (χ3n) is 5.46. The van der Waals surface area contributed by atoms with Crippen LogP contribution in [-0.2, 0) is 6.54 Å². The van der Waals surface area contributed by atoms with Crippen molar-refractivity contribution in [3.63, 3.8) is 0 Å². The summed E-state index contributed by atoms with van der Waals surface area (Å²) in [6.07, 6.45) is 2.27.